The van der Waals surface area contributed by atoms with Gasteiger partial charge in [-0.25, -0.2) is 0 Å². The van der Waals surface area contributed by atoms with Gasteiger partial charge in [-0.05, 0) is 24.6 Å². The van der Waals surface area contributed by atoms with Gasteiger partial charge in [0.15, 0.2) is 0 Å². The van der Waals surface area contributed by atoms with E-state index < -0.39 is 0 Å². The van der Waals surface area contributed by atoms with Crippen molar-refractivity contribution in [1.29, 1.82) is 5.26 Å². The van der Waals surface area contributed by atoms with Crippen LogP contribution in [0.3, 0.4) is 0 Å². The van der Waals surface area contributed by atoms with Gasteiger partial charge in [-0.2, -0.15) is 5.26 Å². The molecule has 74 valence electrons. The molecule has 1 aliphatic rings. The Morgan fingerprint density at radius 1 is 1.47 bits per heavy atom. The van der Waals surface area contributed by atoms with E-state index in [1.54, 1.807) is 0 Å². The highest BCUT2D eigenvalue weighted by atomic mass is 16.5. The van der Waals surface area contributed by atoms with Gasteiger partial charge in [-0.3, -0.25) is 0 Å². The van der Waals surface area contributed by atoms with Crippen molar-refractivity contribution in [3.05, 3.63) is 29.5 Å². The van der Waals surface area contributed by atoms with Crippen molar-refractivity contribution in [2.75, 3.05) is 6.61 Å². The first-order chi connectivity index (χ1) is 7.31. The van der Waals surface area contributed by atoms with Crippen molar-refractivity contribution in [1.82, 2.24) is 4.57 Å². The second-order valence-electron chi connectivity index (χ2n) is 3.78. The first-order valence-electron chi connectivity index (χ1n) is 4.97. The fraction of sp³-hybridized carbons (Fsp3) is 0.250. The molecule has 2 heterocycles. The smallest absolute Gasteiger partial charge is 0.143 e. The summed E-state index contributed by atoms with van der Waals surface area (Å²) < 4.78 is 7.62. The molecule has 0 aliphatic carbocycles. The van der Waals surface area contributed by atoms with Gasteiger partial charge in [-0.15, -0.1) is 0 Å². The number of nitriles is 1. The third-order valence-corrected chi connectivity index (χ3v) is 2.93. The minimum atomic E-state index is 0.647. The average Bonchev–Trinajstić information content (AvgIpc) is 2.65. The van der Waals surface area contributed by atoms with Crippen molar-refractivity contribution in [2.45, 2.75) is 13.5 Å². The number of benzene rings is 1. The van der Waals surface area contributed by atoms with Crippen molar-refractivity contribution in [2.24, 2.45) is 0 Å². The molecule has 0 unspecified atom stereocenters. The fourth-order valence-electron chi connectivity index (χ4n) is 2.17. The van der Waals surface area contributed by atoms with Crippen LogP contribution in [0.4, 0.5) is 0 Å². The summed E-state index contributed by atoms with van der Waals surface area (Å²) >= 11 is 0. The van der Waals surface area contributed by atoms with Gasteiger partial charge in [0.1, 0.15) is 24.1 Å². The lowest BCUT2D eigenvalue weighted by molar-refractivity contribution is 0.286. The Morgan fingerprint density at radius 3 is 3.13 bits per heavy atom. The van der Waals surface area contributed by atoms with Gasteiger partial charge in [0.25, 0.3) is 0 Å². The van der Waals surface area contributed by atoms with Crippen LogP contribution in [-0.2, 0) is 6.54 Å². The summed E-state index contributed by atoms with van der Waals surface area (Å²) in [5.74, 6) is 0.892. The van der Waals surface area contributed by atoms with Crippen LogP contribution in [0.1, 0.15) is 11.3 Å². The normalized spacial score (nSPS) is 13.6. The van der Waals surface area contributed by atoms with Gasteiger partial charge in [-0.1, -0.05) is 6.07 Å². The molecule has 0 spiro atoms. The molecule has 3 nitrogen and oxygen atoms in total. The largest absolute Gasteiger partial charge is 0.490 e. The van der Waals surface area contributed by atoms with Gasteiger partial charge >= 0.3 is 0 Å². The number of ether oxygens (including phenoxy) is 1. The average molecular weight is 198 g/mol. The monoisotopic (exact) mass is 198 g/mol. The highest BCUT2D eigenvalue weighted by Crippen LogP contribution is 2.33. The first kappa shape index (κ1) is 8.37. The standard InChI is InChI=1S/C12H10N2O/c1-8-2-3-11-12-10(8)6-9(7-13)14(12)4-5-15-11/h2-3,6H,4-5H2,1H3. The Bertz CT molecular complexity index is 590. The zero-order chi connectivity index (χ0) is 10.4. The number of rotatable bonds is 0. The summed E-state index contributed by atoms with van der Waals surface area (Å²) in [5.41, 5.74) is 2.98. The topological polar surface area (TPSA) is 38.0 Å². The summed E-state index contributed by atoms with van der Waals surface area (Å²) in [6.45, 7) is 3.47. The SMILES string of the molecule is Cc1ccc2c3c1cc(C#N)n3CCO2. The molecule has 3 rings (SSSR count). The zero-order valence-electron chi connectivity index (χ0n) is 8.45. The van der Waals surface area contributed by atoms with Crippen LogP contribution >= 0.6 is 0 Å². The van der Waals surface area contributed by atoms with Gasteiger partial charge in [0, 0.05) is 5.39 Å². The number of aryl methyl sites for hydroxylation is 1. The van der Waals surface area contributed by atoms with Crippen molar-refractivity contribution in [3.8, 4) is 11.8 Å². The van der Waals surface area contributed by atoms with E-state index in [9.17, 15) is 0 Å². The minimum absolute atomic E-state index is 0.647. The van der Waals surface area contributed by atoms with Crippen molar-refractivity contribution >= 4 is 10.9 Å². The Balaban J connectivity index is 2.51. The quantitative estimate of drug-likeness (QED) is 0.651. The highest BCUT2D eigenvalue weighted by Gasteiger charge is 2.18. The molecule has 1 aromatic heterocycles. The maximum atomic E-state index is 9.04. The zero-order valence-corrected chi connectivity index (χ0v) is 8.45. The summed E-state index contributed by atoms with van der Waals surface area (Å²) in [4.78, 5) is 0. The molecule has 1 aromatic carbocycles. The summed E-state index contributed by atoms with van der Waals surface area (Å²) in [5, 5.41) is 10.2. The Hall–Kier alpha value is -1.95. The Morgan fingerprint density at radius 2 is 2.33 bits per heavy atom. The minimum Gasteiger partial charge on any atom is -0.490 e. The van der Waals surface area contributed by atoms with E-state index in [0.717, 1.165) is 28.9 Å². The molecule has 15 heavy (non-hydrogen) atoms. The number of hydrogen-bond acceptors (Lipinski definition) is 2. The van der Waals surface area contributed by atoms with Gasteiger partial charge < -0.3 is 9.30 Å². The van der Waals surface area contributed by atoms with Crippen LogP contribution < -0.4 is 4.74 Å². The van der Waals surface area contributed by atoms with E-state index in [0.29, 0.717) is 6.61 Å². The lowest BCUT2D eigenvalue weighted by atomic mass is 10.1. The van der Waals surface area contributed by atoms with E-state index in [4.69, 9.17) is 10.00 Å². The molecular formula is C12H10N2O. The molecule has 0 saturated carbocycles. The summed E-state index contributed by atoms with van der Waals surface area (Å²) in [6.07, 6.45) is 0. The predicted octanol–water partition coefficient (Wildman–Crippen LogP) is 2.21. The second-order valence-corrected chi connectivity index (χ2v) is 3.78. The Labute approximate surface area is 87.5 Å². The maximum Gasteiger partial charge on any atom is 0.143 e. The Kier molecular flexibility index (Phi) is 1.54. The molecule has 0 amide bonds. The molecule has 0 atom stereocenters. The van der Waals surface area contributed by atoms with E-state index >= 15 is 0 Å². The molecule has 3 heteroatoms. The lowest BCUT2D eigenvalue weighted by Crippen LogP contribution is -2.15. The van der Waals surface area contributed by atoms with Crippen LogP contribution in [0.2, 0.25) is 0 Å². The number of hydrogen-bond donors (Lipinski definition) is 0. The molecule has 0 bridgehead atoms. The fourth-order valence-corrected chi connectivity index (χ4v) is 2.17. The van der Waals surface area contributed by atoms with E-state index in [1.807, 2.05) is 22.8 Å². The van der Waals surface area contributed by atoms with E-state index in [-0.39, 0.29) is 0 Å². The van der Waals surface area contributed by atoms with Gasteiger partial charge in [0.2, 0.25) is 0 Å². The highest BCUT2D eigenvalue weighted by molar-refractivity contribution is 5.90. The molecule has 0 fully saturated rings. The van der Waals surface area contributed by atoms with Crippen LogP contribution in [0.5, 0.6) is 5.75 Å². The van der Waals surface area contributed by atoms with Crippen LogP contribution in [0.25, 0.3) is 10.9 Å². The predicted molar refractivity (Wildman–Crippen MR) is 56.9 cm³/mol. The van der Waals surface area contributed by atoms with Crippen LogP contribution in [0, 0.1) is 18.3 Å². The molecule has 0 saturated heterocycles. The number of nitrogens with zero attached hydrogens (tertiary/aromatic N) is 2. The van der Waals surface area contributed by atoms with Gasteiger partial charge in [0.05, 0.1) is 12.1 Å². The van der Waals surface area contributed by atoms with Crippen LogP contribution in [-0.4, -0.2) is 11.2 Å². The van der Waals surface area contributed by atoms with Crippen molar-refractivity contribution < 1.29 is 4.74 Å². The summed E-state index contributed by atoms with van der Waals surface area (Å²) in [6, 6.07) is 8.20. The molecule has 2 aromatic rings. The van der Waals surface area contributed by atoms with E-state index in [1.165, 1.54) is 5.56 Å². The molecular weight excluding hydrogens is 188 g/mol. The summed E-state index contributed by atoms with van der Waals surface area (Å²) in [7, 11) is 0. The third-order valence-electron chi connectivity index (χ3n) is 2.93. The molecule has 0 N–H and O–H groups in total. The molecule has 0 radical (unpaired) electrons. The van der Waals surface area contributed by atoms with E-state index in [2.05, 4.69) is 13.0 Å². The lowest BCUT2D eigenvalue weighted by Gasteiger charge is -2.17. The molecule has 1 aliphatic heterocycles. The van der Waals surface area contributed by atoms with Crippen LogP contribution in [0.15, 0.2) is 18.2 Å². The van der Waals surface area contributed by atoms with Crippen molar-refractivity contribution in [3.63, 3.8) is 0 Å². The maximum absolute atomic E-state index is 9.04. The number of aromatic nitrogens is 1. The second kappa shape index (κ2) is 2.77. The third kappa shape index (κ3) is 0.991. The first-order valence-corrected chi connectivity index (χ1v) is 4.97.